The lowest BCUT2D eigenvalue weighted by Crippen LogP contribution is -2.23. The molecule has 0 atom stereocenters. The van der Waals surface area contributed by atoms with E-state index in [-0.39, 0.29) is 0 Å². The SMILES string of the molecule is CCNc1nc(NCC2CCOCC2)c2[nH]cnc2n1. The van der Waals surface area contributed by atoms with E-state index in [9.17, 15) is 0 Å². The summed E-state index contributed by atoms with van der Waals surface area (Å²) in [4.78, 5) is 16.2. The Bertz CT molecular complexity index is 563. The van der Waals surface area contributed by atoms with Gasteiger partial charge < -0.3 is 20.4 Å². The lowest BCUT2D eigenvalue weighted by Gasteiger charge is -2.22. The van der Waals surface area contributed by atoms with E-state index in [0.717, 1.165) is 50.5 Å². The zero-order valence-corrected chi connectivity index (χ0v) is 11.6. The van der Waals surface area contributed by atoms with Crippen molar-refractivity contribution in [2.45, 2.75) is 19.8 Å². The first-order valence-corrected chi connectivity index (χ1v) is 7.13. The zero-order valence-electron chi connectivity index (χ0n) is 11.6. The molecule has 0 aromatic carbocycles. The number of H-pyrrole nitrogens is 1. The first kappa shape index (κ1) is 13.1. The number of aromatic nitrogens is 4. The molecule has 3 rings (SSSR count). The fraction of sp³-hybridized carbons (Fsp3) is 0.615. The van der Waals surface area contributed by atoms with Crippen molar-refractivity contribution < 1.29 is 4.74 Å². The third-order valence-electron chi connectivity index (χ3n) is 3.52. The monoisotopic (exact) mass is 276 g/mol. The highest BCUT2D eigenvalue weighted by atomic mass is 16.5. The average Bonchev–Trinajstić information content (AvgIpc) is 2.95. The van der Waals surface area contributed by atoms with E-state index in [2.05, 4.69) is 30.6 Å². The highest BCUT2D eigenvalue weighted by Crippen LogP contribution is 2.21. The number of fused-ring (bicyclic) bond motifs is 1. The Labute approximate surface area is 117 Å². The van der Waals surface area contributed by atoms with Crippen molar-refractivity contribution in [3.8, 4) is 0 Å². The van der Waals surface area contributed by atoms with Crippen molar-refractivity contribution in [3.63, 3.8) is 0 Å². The molecule has 0 unspecified atom stereocenters. The van der Waals surface area contributed by atoms with E-state index in [1.54, 1.807) is 6.33 Å². The lowest BCUT2D eigenvalue weighted by atomic mass is 10.0. The second-order valence-corrected chi connectivity index (χ2v) is 4.96. The van der Waals surface area contributed by atoms with Crippen LogP contribution in [0.3, 0.4) is 0 Å². The summed E-state index contributed by atoms with van der Waals surface area (Å²) in [5.74, 6) is 2.07. The first-order chi connectivity index (χ1) is 9.86. The van der Waals surface area contributed by atoms with Gasteiger partial charge in [0.1, 0.15) is 5.52 Å². The van der Waals surface area contributed by atoms with E-state index in [1.807, 2.05) is 6.92 Å². The van der Waals surface area contributed by atoms with Crippen molar-refractivity contribution in [2.75, 3.05) is 36.9 Å². The van der Waals surface area contributed by atoms with Gasteiger partial charge in [-0.15, -0.1) is 0 Å². The van der Waals surface area contributed by atoms with Gasteiger partial charge in [0, 0.05) is 26.3 Å². The molecule has 7 heteroatoms. The predicted octanol–water partition coefficient (Wildman–Crippen LogP) is 1.62. The molecular weight excluding hydrogens is 256 g/mol. The molecule has 2 aromatic heterocycles. The van der Waals surface area contributed by atoms with Crippen LogP contribution in [0.1, 0.15) is 19.8 Å². The van der Waals surface area contributed by atoms with E-state index in [4.69, 9.17) is 4.74 Å². The van der Waals surface area contributed by atoms with E-state index in [1.165, 1.54) is 0 Å². The molecule has 1 fully saturated rings. The molecule has 7 nitrogen and oxygen atoms in total. The quantitative estimate of drug-likeness (QED) is 0.769. The molecule has 1 saturated heterocycles. The molecule has 0 aliphatic carbocycles. The van der Waals surface area contributed by atoms with Crippen LogP contribution < -0.4 is 10.6 Å². The average molecular weight is 276 g/mol. The highest BCUT2D eigenvalue weighted by Gasteiger charge is 2.15. The molecule has 1 aliphatic heterocycles. The molecule has 108 valence electrons. The van der Waals surface area contributed by atoms with E-state index >= 15 is 0 Å². The number of nitrogens with zero attached hydrogens (tertiary/aromatic N) is 3. The molecule has 0 radical (unpaired) electrons. The number of anilines is 2. The third kappa shape index (κ3) is 2.82. The third-order valence-corrected chi connectivity index (χ3v) is 3.52. The van der Waals surface area contributed by atoms with Gasteiger partial charge in [0.2, 0.25) is 5.95 Å². The summed E-state index contributed by atoms with van der Waals surface area (Å²) < 4.78 is 5.38. The topological polar surface area (TPSA) is 87.8 Å². The minimum atomic E-state index is 0.613. The van der Waals surface area contributed by atoms with Crippen LogP contribution in [0, 0.1) is 5.92 Å². The molecular formula is C13H20N6O. The van der Waals surface area contributed by atoms with Crippen molar-refractivity contribution in [3.05, 3.63) is 6.33 Å². The van der Waals surface area contributed by atoms with Gasteiger partial charge in [0.25, 0.3) is 0 Å². The number of nitrogens with one attached hydrogen (secondary N) is 3. The van der Waals surface area contributed by atoms with Crippen LogP contribution >= 0.6 is 0 Å². The van der Waals surface area contributed by atoms with Crippen LogP contribution in [0.15, 0.2) is 6.33 Å². The Balaban J connectivity index is 1.76. The maximum atomic E-state index is 5.38. The second-order valence-electron chi connectivity index (χ2n) is 4.96. The summed E-state index contributed by atoms with van der Waals surface area (Å²) in [6.07, 6.45) is 3.85. The predicted molar refractivity (Wildman–Crippen MR) is 77.9 cm³/mol. The Morgan fingerprint density at radius 1 is 1.30 bits per heavy atom. The number of hydrogen-bond donors (Lipinski definition) is 3. The van der Waals surface area contributed by atoms with Gasteiger partial charge in [-0.05, 0) is 25.7 Å². The second kappa shape index (κ2) is 6.04. The summed E-state index contributed by atoms with van der Waals surface area (Å²) in [6.45, 7) is 5.43. The van der Waals surface area contributed by atoms with Gasteiger partial charge in [-0.2, -0.15) is 9.97 Å². The lowest BCUT2D eigenvalue weighted by molar-refractivity contribution is 0.0699. The van der Waals surface area contributed by atoms with Crippen molar-refractivity contribution in [2.24, 2.45) is 5.92 Å². The van der Waals surface area contributed by atoms with Crippen LogP contribution in [0.4, 0.5) is 11.8 Å². The van der Waals surface area contributed by atoms with Crippen molar-refractivity contribution in [1.29, 1.82) is 0 Å². The molecule has 0 spiro atoms. The number of rotatable bonds is 5. The van der Waals surface area contributed by atoms with Gasteiger partial charge in [-0.25, -0.2) is 4.98 Å². The molecule has 1 aliphatic rings. The number of ether oxygens (including phenoxy) is 1. The molecule has 3 N–H and O–H groups in total. The van der Waals surface area contributed by atoms with Gasteiger partial charge in [0.15, 0.2) is 11.5 Å². The molecule has 2 aromatic rings. The summed E-state index contributed by atoms with van der Waals surface area (Å²) in [6, 6.07) is 0. The van der Waals surface area contributed by atoms with E-state index in [0.29, 0.717) is 17.5 Å². The fourth-order valence-corrected chi connectivity index (χ4v) is 2.39. The first-order valence-electron chi connectivity index (χ1n) is 7.13. The Morgan fingerprint density at radius 3 is 2.95 bits per heavy atom. The smallest absolute Gasteiger partial charge is 0.226 e. The summed E-state index contributed by atoms with van der Waals surface area (Å²) in [5.41, 5.74) is 1.55. The molecule has 3 heterocycles. The van der Waals surface area contributed by atoms with Crippen LogP contribution in [0.5, 0.6) is 0 Å². The van der Waals surface area contributed by atoms with Gasteiger partial charge in [-0.1, -0.05) is 0 Å². The molecule has 0 bridgehead atoms. The Kier molecular flexibility index (Phi) is 3.96. The summed E-state index contributed by atoms with van der Waals surface area (Å²) in [5, 5.41) is 6.56. The summed E-state index contributed by atoms with van der Waals surface area (Å²) >= 11 is 0. The van der Waals surface area contributed by atoms with Crippen LogP contribution in [0.2, 0.25) is 0 Å². The van der Waals surface area contributed by atoms with E-state index < -0.39 is 0 Å². The Hall–Kier alpha value is -1.89. The van der Waals surface area contributed by atoms with Crippen molar-refractivity contribution >= 4 is 22.9 Å². The molecule has 0 amide bonds. The number of imidazole rings is 1. The molecule has 20 heavy (non-hydrogen) atoms. The minimum Gasteiger partial charge on any atom is -0.381 e. The maximum absolute atomic E-state index is 5.38. The maximum Gasteiger partial charge on any atom is 0.226 e. The fourth-order valence-electron chi connectivity index (χ4n) is 2.39. The highest BCUT2D eigenvalue weighted by molar-refractivity contribution is 5.83. The minimum absolute atomic E-state index is 0.613. The zero-order chi connectivity index (χ0) is 13.8. The normalized spacial score (nSPS) is 16.4. The van der Waals surface area contributed by atoms with Crippen LogP contribution in [-0.2, 0) is 4.74 Å². The van der Waals surface area contributed by atoms with Gasteiger partial charge >= 0.3 is 0 Å². The van der Waals surface area contributed by atoms with Crippen LogP contribution in [-0.4, -0.2) is 46.2 Å². The Morgan fingerprint density at radius 2 is 2.15 bits per heavy atom. The summed E-state index contributed by atoms with van der Waals surface area (Å²) in [7, 11) is 0. The van der Waals surface area contributed by atoms with Gasteiger partial charge in [0.05, 0.1) is 6.33 Å². The standard InChI is InChI=1S/C13H20N6O/c1-2-14-13-18-11(10-12(19-13)17-8-16-10)15-7-9-3-5-20-6-4-9/h8-9H,2-7H2,1H3,(H3,14,15,16,17,18,19). The van der Waals surface area contributed by atoms with Crippen LogP contribution in [0.25, 0.3) is 11.2 Å². The number of aromatic amines is 1. The number of hydrogen-bond acceptors (Lipinski definition) is 6. The molecule has 0 saturated carbocycles. The van der Waals surface area contributed by atoms with Crippen molar-refractivity contribution in [1.82, 2.24) is 19.9 Å². The van der Waals surface area contributed by atoms with Gasteiger partial charge in [-0.3, -0.25) is 0 Å². The largest absolute Gasteiger partial charge is 0.381 e.